The summed E-state index contributed by atoms with van der Waals surface area (Å²) in [5.74, 6) is -0.203. The predicted octanol–water partition coefficient (Wildman–Crippen LogP) is 4.46. The van der Waals surface area contributed by atoms with Crippen molar-refractivity contribution in [3.05, 3.63) is 34.3 Å². The zero-order chi connectivity index (χ0) is 16.8. The summed E-state index contributed by atoms with van der Waals surface area (Å²) in [6.45, 7) is 6.45. The van der Waals surface area contributed by atoms with Gasteiger partial charge in [0.2, 0.25) is 0 Å². The van der Waals surface area contributed by atoms with Crippen LogP contribution in [-0.2, 0) is 14.9 Å². The number of ether oxygens (including phenoxy) is 1. The van der Waals surface area contributed by atoms with Crippen molar-refractivity contribution in [1.82, 2.24) is 0 Å². The molecule has 0 aliphatic carbocycles. The van der Waals surface area contributed by atoms with Crippen molar-refractivity contribution in [2.45, 2.75) is 51.9 Å². The molecule has 1 N–H and O–H groups in total. The van der Waals surface area contributed by atoms with Gasteiger partial charge < -0.3 is 9.84 Å². The molecule has 1 aromatic carbocycles. The van der Waals surface area contributed by atoms with Crippen LogP contribution in [0.5, 0.6) is 0 Å². The third kappa shape index (κ3) is 5.10. The summed E-state index contributed by atoms with van der Waals surface area (Å²) >= 11 is 3.47. The number of esters is 1. The molecule has 0 aliphatic heterocycles. The highest BCUT2D eigenvalue weighted by Crippen LogP contribution is 2.35. The molecule has 0 radical (unpaired) electrons. The quantitative estimate of drug-likeness (QED) is 0.687. The van der Waals surface area contributed by atoms with Crippen molar-refractivity contribution >= 4 is 21.9 Å². The Morgan fingerprint density at radius 3 is 2.45 bits per heavy atom. The van der Waals surface area contributed by atoms with E-state index in [-0.39, 0.29) is 18.0 Å². The van der Waals surface area contributed by atoms with E-state index in [9.17, 15) is 4.79 Å². The second-order valence-corrected chi connectivity index (χ2v) is 7.74. The van der Waals surface area contributed by atoms with Crippen molar-refractivity contribution in [1.29, 1.82) is 0 Å². The Kier molecular flexibility index (Phi) is 7.07. The van der Waals surface area contributed by atoms with E-state index in [0.29, 0.717) is 0 Å². The average molecular weight is 371 g/mol. The molecule has 124 valence electrons. The summed E-state index contributed by atoms with van der Waals surface area (Å²) in [7, 11) is 1.44. The minimum absolute atomic E-state index is 0.0864. The maximum absolute atomic E-state index is 12.3. The van der Waals surface area contributed by atoms with Gasteiger partial charge in [-0.15, -0.1) is 0 Å². The summed E-state index contributed by atoms with van der Waals surface area (Å²) in [5, 5.41) is 9.12. The van der Waals surface area contributed by atoms with Crippen LogP contribution in [0.4, 0.5) is 0 Å². The molecule has 22 heavy (non-hydrogen) atoms. The molecule has 0 bridgehead atoms. The van der Waals surface area contributed by atoms with Gasteiger partial charge in [-0.25, -0.2) is 0 Å². The first-order valence-electron chi connectivity index (χ1n) is 7.70. The van der Waals surface area contributed by atoms with Gasteiger partial charge in [-0.05, 0) is 49.3 Å². The number of aliphatic hydroxyl groups is 1. The van der Waals surface area contributed by atoms with Gasteiger partial charge in [-0.3, -0.25) is 4.79 Å². The minimum atomic E-state index is -0.645. The standard InChI is InChI=1S/C18H27BrO3/c1-17(2,11-12-20)9-6-10-18(3,16(21)22-4)14-7-5-8-15(19)13-14/h5,7-8,13,20H,6,9-12H2,1-4H3. The summed E-state index contributed by atoms with van der Waals surface area (Å²) in [4.78, 5) is 12.3. The van der Waals surface area contributed by atoms with E-state index < -0.39 is 5.41 Å². The predicted molar refractivity (Wildman–Crippen MR) is 92.8 cm³/mol. The molecule has 1 unspecified atom stereocenters. The van der Waals surface area contributed by atoms with E-state index in [1.54, 1.807) is 0 Å². The highest BCUT2D eigenvalue weighted by atomic mass is 79.9. The highest BCUT2D eigenvalue weighted by Gasteiger charge is 2.36. The number of carbonyl (C=O) groups is 1. The average Bonchev–Trinajstić information content (AvgIpc) is 2.45. The van der Waals surface area contributed by atoms with Crippen LogP contribution >= 0.6 is 15.9 Å². The molecule has 0 fully saturated rings. The van der Waals surface area contributed by atoms with Crippen molar-refractivity contribution in [3.8, 4) is 0 Å². The van der Waals surface area contributed by atoms with Crippen LogP contribution in [0.25, 0.3) is 0 Å². The van der Waals surface area contributed by atoms with Gasteiger partial charge in [-0.2, -0.15) is 0 Å². The highest BCUT2D eigenvalue weighted by molar-refractivity contribution is 9.10. The minimum Gasteiger partial charge on any atom is -0.468 e. The van der Waals surface area contributed by atoms with Crippen LogP contribution in [0.3, 0.4) is 0 Å². The summed E-state index contributed by atoms with van der Waals surface area (Å²) in [5.41, 5.74) is 0.408. The first kappa shape index (κ1) is 19.2. The van der Waals surface area contributed by atoms with E-state index in [1.165, 1.54) is 7.11 Å². The van der Waals surface area contributed by atoms with Crippen LogP contribution < -0.4 is 0 Å². The number of carbonyl (C=O) groups excluding carboxylic acids is 1. The number of aliphatic hydroxyl groups excluding tert-OH is 1. The van der Waals surface area contributed by atoms with Gasteiger partial charge in [0.15, 0.2) is 0 Å². The lowest BCUT2D eigenvalue weighted by atomic mass is 9.75. The van der Waals surface area contributed by atoms with Crippen LogP contribution in [0, 0.1) is 5.41 Å². The second kappa shape index (κ2) is 8.11. The monoisotopic (exact) mass is 370 g/mol. The molecule has 0 saturated heterocycles. The molecule has 0 saturated carbocycles. The number of methoxy groups -OCH3 is 1. The fourth-order valence-corrected chi connectivity index (χ4v) is 3.17. The van der Waals surface area contributed by atoms with Gasteiger partial charge in [0.25, 0.3) is 0 Å². The number of rotatable bonds is 8. The SMILES string of the molecule is COC(=O)C(C)(CCCC(C)(C)CCO)c1cccc(Br)c1. The molecule has 0 aliphatic rings. The summed E-state index contributed by atoms with van der Waals surface area (Å²) in [6, 6.07) is 7.85. The number of benzene rings is 1. The van der Waals surface area contributed by atoms with Gasteiger partial charge in [0.1, 0.15) is 0 Å². The molecule has 4 heteroatoms. The fourth-order valence-electron chi connectivity index (χ4n) is 2.77. The van der Waals surface area contributed by atoms with Crippen molar-refractivity contribution in [3.63, 3.8) is 0 Å². The number of hydrogen-bond acceptors (Lipinski definition) is 3. The molecule has 0 aromatic heterocycles. The summed E-state index contributed by atoms with van der Waals surface area (Å²) in [6.07, 6.45) is 3.38. The Hall–Kier alpha value is -0.870. The van der Waals surface area contributed by atoms with Crippen LogP contribution in [0.2, 0.25) is 0 Å². The smallest absolute Gasteiger partial charge is 0.315 e. The first-order chi connectivity index (χ1) is 10.2. The lowest BCUT2D eigenvalue weighted by Crippen LogP contribution is -2.34. The van der Waals surface area contributed by atoms with Gasteiger partial charge in [-0.1, -0.05) is 48.3 Å². The van der Waals surface area contributed by atoms with Crippen molar-refractivity contribution in [2.75, 3.05) is 13.7 Å². The zero-order valence-electron chi connectivity index (χ0n) is 14.0. The molecule has 1 aromatic rings. The topological polar surface area (TPSA) is 46.5 Å². The molecule has 1 rings (SSSR count). The van der Waals surface area contributed by atoms with E-state index in [2.05, 4.69) is 29.8 Å². The third-order valence-corrected chi connectivity index (χ3v) is 4.91. The zero-order valence-corrected chi connectivity index (χ0v) is 15.6. The molecule has 0 amide bonds. The number of halogens is 1. The lowest BCUT2D eigenvalue weighted by molar-refractivity contribution is -0.147. The van der Waals surface area contributed by atoms with Crippen molar-refractivity contribution in [2.24, 2.45) is 5.41 Å². The largest absolute Gasteiger partial charge is 0.468 e. The molecular formula is C18H27BrO3. The third-order valence-electron chi connectivity index (χ3n) is 4.42. The van der Waals surface area contributed by atoms with Gasteiger partial charge >= 0.3 is 5.97 Å². The Morgan fingerprint density at radius 2 is 1.91 bits per heavy atom. The Balaban J connectivity index is 2.88. The Bertz CT molecular complexity index is 499. The second-order valence-electron chi connectivity index (χ2n) is 6.83. The Labute approximate surface area is 142 Å². The first-order valence-corrected chi connectivity index (χ1v) is 8.50. The fraction of sp³-hybridized carbons (Fsp3) is 0.611. The van der Waals surface area contributed by atoms with E-state index in [1.807, 2.05) is 31.2 Å². The van der Waals surface area contributed by atoms with Crippen LogP contribution in [-0.4, -0.2) is 24.8 Å². The van der Waals surface area contributed by atoms with E-state index in [4.69, 9.17) is 9.84 Å². The van der Waals surface area contributed by atoms with Crippen LogP contribution in [0.15, 0.2) is 28.7 Å². The normalized spacial score (nSPS) is 14.5. The molecule has 1 atom stereocenters. The van der Waals surface area contributed by atoms with E-state index in [0.717, 1.165) is 35.7 Å². The lowest BCUT2D eigenvalue weighted by Gasteiger charge is -2.30. The van der Waals surface area contributed by atoms with Crippen LogP contribution in [0.1, 0.15) is 52.0 Å². The summed E-state index contributed by atoms with van der Waals surface area (Å²) < 4.78 is 6.00. The maximum Gasteiger partial charge on any atom is 0.315 e. The van der Waals surface area contributed by atoms with E-state index >= 15 is 0 Å². The molecule has 0 heterocycles. The molecule has 3 nitrogen and oxygen atoms in total. The van der Waals surface area contributed by atoms with Gasteiger partial charge in [0.05, 0.1) is 12.5 Å². The number of hydrogen-bond donors (Lipinski definition) is 1. The Morgan fingerprint density at radius 1 is 1.23 bits per heavy atom. The molecular weight excluding hydrogens is 344 g/mol. The van der Waals surface area contributed by atoms with Crippen molar-refractivity contribution < 1.29 is 14.6 Å². The molecule has 0 spiro atoms. The van der Waals surface area contributed by atoms with Gasteiger partial charge in [0, 0.05) is 11.1 Å². The maximum atomic E-state index is 12.3.